The molecule has 0 aliphatic carbocycles. The first-order chi connectivity index (χ1) is 8.85. The van der Waals surface area contributed by atoms with Gasteiger partial charge in [-0.2, -0.15) is 0 Å². The number of sulfonamides is 1. The molecule has 5 nitrogen and oxygen atoms in total. The Morgan fingerprint density at radius 1 is 1.11 bits per heavy atom. The van der Waals surface area contributed by atoms with Crippen molar-refractivity contribution in [1.29, 1.82) is 0 Å². The minimum atomic E-state index is -3.08. The van der Waals surface area contributed by atoms with E-state index in [4.69, 9.17) is 5.73 Å². The normalized spacial score (nSPS) is 21.5. The summed E-state index contributed by atoms with van der Waals surface area (Å²) >= 11 is 0. The van der Waals surface area contributed by atoms with Gasteiger partial charge in [-0.1, -0.05) is 20.8 Å². The molecule has 1 atom stereocenters. The van der Waals surface area contributed by atoms with Crippen LogP contribution < -0.4 is 5.73 Å². The summed E-state index contributed by atoms with van der Waals surface area (Å²) in [7, 11) is -3.08. The molecule has 114 valence electrons. The molecule has 0 aromatic heterocycles. The fraction of sp³-hybridized carbons (Fsp3) is 1.00. The fourth-order valence-electron chi connectivity index (χ4n) is 2.45. The van der Waals surface area contributed by atoms with Crippen LogP contribution in [0.2, 0.25) is 0 Å². The van der Waals surface area contributed by atoms with Crippen LogP contribution in [0.4, 0.5) is 0 Å². The molecule has 1 unspecified atom stereocenters. The third kappa shape index (κ3) is 5.77. The lowest BCUT2D eigenvalue weighted by Gasteiger charge is -2.24. The zero-order valence-corrected chi connectivity index (χ0v) is 13.3. The topological polar surface area (TPSA) is 66.6 Å². The minimum Gasteiger partial charge on any atom is -0.330 e. The Balaban J connectivity index is 2.54. The maximum atomic E-state index is 12.2. The Morgan fingerprint density at radius 3 is 2.37 bits per heavy atom. The van der Waals surface area contributed by atoms with Crippen LogP contribution in [0.1, 0.15) is 27.2 Å². The van der Waals surface area contributed by atoms with E-state index in [0.717, 1.165) is 26.1 Å². The maximum absolute atomic E-state index is 12.2. The monoisotopic (exact) mass is 291 g/mol. The average molecular weight is 291 g/mol. The van der Waals surface area contributed by atoms with Crippen molar-refractivity contribution in [2.24, 2.45) is 17.6 Å². The second kappa shape index (κ2) is 7.57. The lowest BCUT2D eigenvalue weighted by molar-refractivity contribution is 0.250. The Morgan fingerprint density at radius 2 is 1.79 bits per heavy atom. The highest BCUT2D eigenvalue weighted by Crippen LogP contribution is 2.12. The third-order valence-corrected chi connectivity index (χ3v) is 5.70. The molecule has 0 amide bonds. The highest BCUT2D eigenvalue weighted by molar-refractivity contribution is 7.89. The van der Waals surface area contributed by atoms with Gasteiger partial charge >= 0.3 is 0 Å². The Hall–Kier alpha value is -0.170. The molecule has 1 rings (SSSR count). The summed E-state index contributed by atoms with van der Waals surface area (Å²) in [5, 5.41) is 0. The van der Waals surface area contributed by atoms with Crippen molar-refractivity contribution >= 4 is 10.0 Å². The molecule has 0 spiro atoms. The zero-order valence-electron chi connectivity index (χ0n) is 12.5. The summed E-state index contributed by atoms with van der Waals surface area (Å²) in [6.45, 7) is 10.8. The van der Waals surface area contributed by atoms with E-state index >= 15 is 0 Å². The van der Waals surface area contributed by atoms with Gasteiger partial charge in [-0.05, 0) is 31.3 Å². The number of nitrogens with zero attached hydrogens (tertiary/aromatic N) is 2. The molecule has 0 bridgehead atoms. The predicted molar refractivity (Wildman–Crippen MR) is 79.5 cm³/mol. The number of hydrogen-bond acceptors (Lipinski definition) is 4. The van der Waals surface area contributed by atoms with E-state index in [1.54, 1.807) is 4.31 Å². The molecule has 0 aromatic rings. The van der Waals surface area contributed by atoms with Gasteiger partial charge in [0.25, 0.3) is 0 Å². The molecule has 1 aliphatic rings. The number of rotatable bonds is 6. The summed E-state index contributed by atoms with van der Waals surface area (Å²) in [5.41, 5.74) is 5.65. The molecule has 6 heteroatoms. The van der Waals surface area contributed by atoms with Crippen LogP contribution in [0.3, 0.4) is 0 Å². The van der Waals surface area contributed by atoms with Gasteiger partial charge in [0.2, 0.25) is 10.0 Å². The third-order valence-electron chi connectivity index (χ3n) is 3.46. The van der Waals surface area contributed by atoms with Gasteiger partial charge in [-0.25, -0.2) is 12.7 Å². The van der Waals surface area contributed by atoms with Crippen LogP contribution in [0.5, 0.6) is 0 Å². The largest absolute Gasteiger partial charge is 0.330 e. The van der Waals surface area contributed by atoms with Crippen LogP contribution in [0.15, 0.2) is 0 Å². The van der Waals surface area contributed by atoms with Crippen LogP contribution in [-0.2, 0) is 10.0 Å². The standard InChI is InChI=1S/C13H29N3O2S/c1-12(2)11-19(17,18)16-6-4-5-15(7-8-16)10-13(3)9-14/h12-13H,4-11,14H2,1-3H3. The van der Waals surface area contributed by atoms with Crippen molar-refractivity contribution in [3.63, 3.8) is 0 Å². The summed E-state index contributed by atoms with van der Waals surface area (Å²) in [4.78, 5) is 2.34. The molecular formula is C13H29N3O2S. The van der Waals surface area contributed by atoms with E-state index in [-0.39, 0.29) is 11.7 Å². The van der Waals surface area contributed by atoms with Gasteiger partial charge in [-0.15, -0.1) is 0 Å². The van der Waals surface area contributed by atoms with Crippen molar-refractivity contribution in [1.82, 2.24) is 9.21 Å². The van der Waals surface area contributed by atoms with E-state index in [1.165, 1.54) is 0 Å². The van der Waals surface area contributed by atoms with Crippen LogP contribution in [0, 0.1) is 11.8 Å². The number of hydrogen-bond donors (Lipinski definition) is 1. The maximum Gasteiger partial charge on any atom is 0.214 e. The smallest absolute Gasteiger partial charge is 0.214 e. The lowest BCUT2D eigenvalue weighted by atomic mass is 10.1. The van der Waals surface area contributed by atoms with Crippen molar-refractivity contribution in [3.05, 3.63) is 0 Å². The second-order valence-electron chi connectivity index (χ2n) is 6.07. The van der Waals surface area contributed by atoms with E-state index < -0.39 is 10.0 Å². The van der Waals surface area contributed by atoms with Crippen LogP contribution in [-0.4, -0.2) is 62.6 Å². The predicted octanol–water partition coefficient (Wildman–Crippen LogP) is 0.575. The van der Waals surface area contributed by atoms with Gasteiger partial charge in [-0.3, -0.25) is 0 Å². The zero-order chi connectivity index (χ0) is 14.5. The Labute approximate surface area is 118 Å². The number of nitrogens with two attached hydrogens (primary N) is 1. The van der Waals surface area contributed by atoms with Gasteiger partial charge in [0.15, 0.2) is 0 Å². The molecule has 1 aliphatic heterocycles. The molecule has 0 saturated carbocycles. The minimum absolute atomic E-state index is 0.182. The second-order valence-corrected chi connectivity index (χ2v) is 8.08. The van der Waals surface area contributed by atoms with Crippen molar-refractivity contribution in [2.75, 3.05) is 45.0 Å². The van der Waals surface area contributed by atoms with Crippen LogP contribution >= 0.6 is 0 Å². The van der Waals surface area contributed by atoms with Gasteiger partial charge in [0.1, 0.15) is 0 Å². The molecule has 1 fully saturated rings. The first-order valence-corrected chi connectivity index (χ1v) is 8.86. The van der Waals surface area contributed by atoms with Crippen LogP contribution in [0.25, 0.3) is 0 Å². The van der Waals surface area contributed by atoms with Crippen molar-refractivity contribution in [2.45, 2.75) is 27.2 Å². The average Bonchev–Trinajstić information content (AvgIpc) is 2.53. The summed E-state index contributed by atoms with van der Waals surface area (Å²) in [6.07, 6.45) is 0.911. The SMILES string of the molecule is CC(C)CS(=O)(=O)N1CCCN(CC(C)CN)CC1. The molecular weight excluding hydrogens is 262 g/mol. The van der Waals surface area contributed by atoms with Gasteiger partial charge < -0.3 is 10.6 Å². The van der Waals surface area contributed by atoms with Crippen molar-refractivity contribution in [3.8, 4) is 0 Å². The summed E-state index contributed by atoms with van der Waals surface area (Å²) in [6, 6.07) is 0. The van der Waals surface area contributed by atoms with Crippen molar-refractivity contribution < 1.29 is 8.42 Å². The summed E-state index contributed by atoms with van der Waals surface area (Å²) < 4.78 is 26.1. The first kappa shape index (κ1) is 16.9. The van der Waals surface area contributed by atoms with E-state index in [2.05, 4.69) is 11.8 Å². The van der Waals surface area contributed by atoms with E-state index in [9.17, 15) is 8.42 Å². The highest BCUT2D eigenvalue weighted by Gasteiger charge is 2.25. The highest BCUT2D eigenvalue weighted by atomic mass is 32.2. The Kier molecular flexibility index (Phi) is 6.73. The lowest BCUT2D eigenvalue weighted by Crippen LogP contribution is -2.38. The first-order valence-electron chi connectivity index (χ1n) is 7.25. The fourth-order valence-corrected chi connectivity index (χ4v) is 4.27. The molecule has 2 N–H and O–H groups in total. The van der Waals surface area contributed by atoms with E-state index in [1.807, 2.05) is 13.8 Å². The summed E-state index contributed by atoms with van der Waals surface area (Å²) in [5.74, 6) is 0.909. The van der Waals surface area contributed by atoms with Gasteiger partial charge in [0, 0.05) is 26.2 Å². The molecule has 19 heavy (non-hydrogen) atoms. The van der Waals surface area contributed by atoms with Gasteiger partial charge in [0.05, 0.1) is 5.75 Å². The molecule has 0 radical (unpaired) electrons. The molecule has 0 aromatic carbocycles. The molecule has 1 saturated heterocycles. The Bertz CT molecular complexity index is 357. The quantitative estimate of drug-likeness (QED) is 0.777. The van der Waals surface area contributed by atoms with E-state index in [0.29, 0.717) is 25.6 Å². The molecule has 1 heterocycles.